The van der Waals surface area contributed by atoms with Crippen LogP contribution in [0.1, 0.15) is 35.3 Å². The molecule has 0 radical (unpaired) electrons. The highest BCUT2D eigenvalue weighted by atomic mass is 16.8. The van der Waals surface area contributed by atoms with E-state index in [1.807, 2.05) is 6.92 Å². The van der Waals surface area contributed by atoms with E-state index in [4.69, 9.17) is 9.57 Å². The highest BCUT2D eigenvalue weighted by molar-refractivity contribution is 5.93. The van der Waals surface area contributed by atoms with E-state index < -0.39 is 0 Å². The van der Waals surface area contributed by atoms with Crippen LogP contribution in [0.2, 0.25) is 0 Å². The lowest BCUT2D eigenvalue weighted by molar-refractivity contribution is -0.186. The van der Waals surface area contributed by atoms with Crippen molar-refractivity contribution in [2.24, 2.45) is 0 Å². The molecular weight excluding hydrogens is 298 g/mol. The Labute approximate surface area is 133 Å². The van der Waals surface area contributed by atoms with Crippen LogP contribution >= 0.6 is 0 Å². The lowest BCUT2D eigenvalue weighted by atomic mass is 10.2. The van der Waals surface area contributed by atoms with Gasteiger partial charge in [0.25, 0.3) is 5.91 Å². The molecule has 23 heavy (non-hydrogen) atoms. The number of nitrogens with one attached hydrogen (secondary N) is 2. The molecule has 1 fully saturated rings. The number of H-pyrrole nitrogens is 1. The Bertz CT molecular complexity index is 727. The zero-order valence-corrected chi connectivity index (χ0v) is 12.9. The highest BCUT2D eigenvalue weighted by Gasteiger charge is 2.16. The summed E-state index contributed by atoms with van der Waals surface area (Å²) in [5.74, 6) is -0.344. The van der Waals surface area contributed by atoms with Crippen LogP contribution in [0.15, 0.2) is 35.3 Å². The average molecular weight is 317 g/mol. The Morgan fingerprint density at radius 1 is 1.35 bits per heavy atom. The van der Waals surface area contributed by atoms with E-state index in [-0.39, 0.29) is 17.9 Å². The van der Waals surface area contributed by atoms with Gasteiger partial charge in [-0.25, -0.2) is 15.1 Å². The summed E-state index contributed by atoms with van der Waals surface area (Å²) in [5, 5.41) is 0. The van der Waals surface area contributed by atoms with E-state index in [2.05, 4.69) is 10.5 Å². The number of carbonyl (C=O) groups is 1. The Hall–Kier alpha value is -2.38. The fraction of sp³-hybridized carbons (Fsp3) is 0.375. The SMILES string of the molecule is Cc1c[nH]c(=O)n1-c1ccc(C(=O)NO[C@H]2CCCCO2)cc1. The first-order valence-electron chi connectivity index (χ1n) is 7.60. The maximum Gasteiger partial charge on any atom is 0.330 e. The molecule has 122 valence electrons. The van der Waals surface area contributed by atoms with Gasteiger partial charge in [-0.3, -0.25) is 9.36 Å². The van der Waals surface area contributed by atoms with Gasteiger partial charge in [0.2, 0.25) is 0 Å². The van der Waals surface area contributed by atoms with Gasteiger partial charge < -0.3 is 9.72 Å². The minimum Gasteiger partial charge on any atom is -0.350 e. The third kappa shape index (κ3) is 3.52. The number of hydrogen-bond donors (Lipinski definition) is 2. The van der Waals surface area contributed by atoms with Gasteiger partial charge in [-0.1, -0.05) is 0 Å². The number of hydroxylamine groups is 1. The number of aryl methyl sites for hydroxylation is 1. The van der Waals surface area contributed by atoms with Crippen molar-refractivity contribution >= 4 is 5.91 Å². The third-order valence-corrected chi connectivity index (χ3v) is 3.77. The molecule has 1 aromatic heterocycles. The zero-order chi connectivity index (χ0) is 16.2. The van der Waals surface area contributed by atoms with Gasteiger partial charge in [-0.15, -0.1) is 0 Å². The largest absolute Gasteiger partial charge is 0.350 e. The second-order valence-corrected chi connectivity index (χ2v) is 5.46. The molecular formula is C16H19N3O4. The van der Waals surface area contributed by atoms with Gasteiger partial charge in [0.15, 0.2) is 6.29 Å². The molecule has 3 rings (SSSR count). The molecule has 0 unspecified atom stereocenters. The normalized spacial score (nSPS) is 17.9. The number of aromatic amines is 1. The van der Waals surface area contributed by atoms with Crippen LogP contribution in [0.4, 0.5) is 0 Å². The maximum atomic E-state index is 12.1. The lowest BCUT2D eigenvalue weighted by Crippen LogP contribution is -2.33. The molecule has 0 bridgehead atoms. The van der Waals surface area contributed by atoms with Crippen molar-refractivity contribution in [3.05, 3.63) is 52.2 Å². The Morgan fingerprint density at radius 2 is 2.13 bits per heavy atom. The monoisotopic (exact) mass is 317 g/mol. The average Bonchev–Trinajstić information content (AvgIpc) is 2.92. The molecule has 1 saturated heterocycles. The standard InChI is InChI=1S/C16H19N3O4/c1-11-10-17-16(21)19(11)13-7-5-12(6-8-13)15(20)18-23-14-4-2-3-9-22-14/h5-8,10,14H,2-4,9H2,1H3,(H,17,21)(H,18,20)/t14-/m0/s1. The van der Waals surface area contributed by atoms with Crippen molar-refractivity contribution in [1.82, 2.24) is 15.0 Å². The zero-order valence-electron chi connectivity index (χ0n) is 12.9. The first-order valence-corrected chi connectivity index (χ1v) is 7.60. The van der Waals surface area contributed by atoms with Crippen molar-refractivity contribution in [3.8, 4) is 5.69 Å². The number of rotatable bonds is 4. The van der Waals surface area contributed by atoms with Crippen molar-refractivity contribution < 1.29 is 14.4 Å². The molecule has 0 saturated carbocycles. The van der Waals surface area contributed by atoms with Gasteiger partial charge in [0.1, 0.15) is 0 Å². The quantitative estimate of drug-likeness (QED) is 0.840. The summed E-state index contributed by atoms with van der Waals surface area (Å²) in [5.41, 5.74) is 4.14. The first kappa shape index (κ1) is 15.5. The van der Waals surface area contributed by atoms with Gasteiger partial charge >= 0.3 is 5.69 Å². The van der Waals surface area contributed by atoms with Gasteiger partial charge in [-0.2, -0.15) is 0 Å². The van der Waals surface area contributed by atoms with Gasteiger partial charge in [-0.05, 0) is 44.0 Å². The summed E-state index contributed by atoms with van der Waals surface area (Å²) in [6.07, 6.45) is 4.08. The predicted molar refractivity (Wildman–Crippen MR) is 83.3 cm³/mol. The van der Waals surface area contributed by atoms with E-state index in [0.29, 0.717) is 17.9 Å². The summed E-state index contributed by atoms with van der Waals surface area (Å²) < 4.78 is 6.92. The van der Waals surface area contributed by atoms with Crippen LogP contribution in [0.3, 0.4) is 0 Å². The summed E-state index contributed by atoms with van der Waals surface area (Å²) in [6.45, 7) is 2.48. The summed E-state index contributed by atoms with van der Waals surface area (Å²) >= 11 is 0. The maximum absolute atomic E-state index is 12.1. The second kappa shape index (κ2) is 6.80. The summed E-state index contributed by atoms with van der Waals surface area (Å²) in [4.78, 5) is 31.7. The number of benzene rings is 1. The number of carbonyl (C=O) groups excluding carboxylic acids is 1. The molecule has 2 aromatic rings. The Kier molecular flexibility index (Phi) is 4.59. The molecule has 1 aliphatic rings. The molecule has 7 heteroatoms. The molecule has 2 heterocycles. The van der Waals surface area contributed by atoms with Crippen LogP contribution in [0.5, 0.6) is 0 Å². The van der Waals surface area contributed by atoms with Crippen LogP contribution in [-0.4, -0.2) is 28.4 Å². The molecule has 1 aromatic carbocycles. The van der Waals surface area contributed by atoms with E-state index in [1.165, 1.54) is 4.57 Å². The first-order chi connectivity index (χ1) is 11.1. The molecule has 0 spiro atoms. The van der Waals surface area contributed by atoms with Crippen LogP contribution in [0.25, 0.3) is 5.69 Å². The van der Waals surface area contributed by atoms with E-state index in [9.17, 15) is 9.59 Å². The number of hydrogen-bond acceptors (Lipinski definition) is 4. The minimum atomic E-state index is -0.381. The Balaban J connectivity index is 1.64. The summed E-state index contributed by atoms with van der Waals surface area (Å²) in [6, 6.07) is 6.73. The topological polar surface area (TPSA) is 85.4 Å². The number of amides is 1. The molecule has 7 nitrogen and oxygen atoms in total. The number of ether oxygens (including phenoxy) is 1. The van der Waals surface area contributed by atoms with E-state index in [1.54, 1.807) is 30.5 Å². The molecule has 0 aliphatic carbocycles. The van der Waals surface area contributed by atoms with Crippen molar-refractivity contribution in [1.29, 1.82) is 0 Å². The fourth-order valence-electron chi connectivity index (χ4n) is 2.52. The summed E-state index contributed by atoms with van der Waals surface area (Å²) in [7, 11) is 0. The second-order valence-electron chi connectivity index (χ2n) is 5.46. The number of nitrogens with zero attached hydrogens (tertiary/aromatic N) is 1. The van der Waals surface area contributed by atoms with Crippen LogP contribution in [0, 0.1) is 6.92 Å². The smallest absolute Gasteiger partial charge is 0.330 e. The van der Waals surface area contributed by atoms with Gasteiger partial charge in [0.05, 0.1) is 5.69 Å². The van der Waals surface area contributed by atoms with Crippen molar-refractivity contribution in [2.75, 3.05) is 6.61 Å². The molecule has 1 atom stereocenters. The minimum absolute atomic E-state index is 0.211. The molecule has 2 N–H and O–H groups in total. The highest BCUT2D eigenvalue weighted by Crippen LogP contribution is 2.13. The Morgan fingerprint density at radius 3 is 2.74 bits per heavy atom. The van der Waals surface area contributed by atoms with E-state index in [0.717, 1.165) is 25.0 Å². The number of imidazole rings is 1. The van der Waals surface area contributed by atoms with Gasteiger partial charge in [0, 0.05) is 30.5 Å². The van der Waals surface area contributed by atoms with Crippen molar-refractivity contribution in [2.45, 2.75) is 32.5 Å². The predicted octanol–water partition coefficient (Wildman–Crippen LogP) is 1.66. The van der Waals surface area contributed by atoms with Crippen molar-refractivity contribution in [3.63, 3.8) is 0 Å². The lowest BCUT2D eigenvalue weighted by Gasteiger charge is -2.22. The fourth-order valence-corrected chi connectivity index (χ4v) is 2.52. The van der Waals surface area contributed by atoms with Crippen LogP contribution < -0.4 is 11.2 Å². The molecule has 1 aliphatic heterocycles. The molecule has 1 amide bonds. The van der Waals surface area contributed by atoms with E-state index >= 15 is 0 Å². The van der Waals surface area contributed by atoms with Crippen LogP contribution in [-0.2, 0) is 9.57 Å². The number of aromatic nitrogens is 2. The third-order valence-electron chi connectivity index (χ3n) is 3.77.